The first-order valence-electron chi connectivity index (χ1n) is 9.98. The Morgan fingerprint density at radius 2 is 1.37 bits per heavy atom. The zero-order valence-electron chi connectivity index (χ0n) is 16.5. The van der Waals surface area contributed by atoms with Gasteiger partial charge in [-0.05, 0) is 24.5 Å². The van der Waals surface area contributed by atoms with Gasteiger partial charge in [0.05, 0.1) is 6.10 Å². The van der Waals surface area contributed by atoms with Gasteiger partial charge in [-0.15, -0.1) is 0 Å². The van der Waals surface area contributed by atoms with Gasteiger partial charge in [0.25, 0.3) is 0 Å². The van der Waals surface area contributed by atoms with Crippen molar-refractivity contribution >= 4 is 11.1 Å². The van der Waals surface area contributed by atoms with Crippen LogP contribution < -0.4 is 0 Å². The van der Waals surface area contributed by atoms with Crippen LogP contribution in [0.1, 0.15) is 63.5 Å². The second-order valence-corrected chi connectivity index (χ2v) is 8.19. The van der Waals surface area contributed by atoms with Crippen LogP contribution in [0.4, 0.5) is 0 Å². The molecule has 27 heavy (non-hydrogen) atoms. The van der Waals surface area contributed by atoms with E-state index in [4.69, 9.17) is 4.18 Å². The lowest BCUT2D eigenvalue weighted by Gasteiger charge is -2.36. The van der Waals surface area contributed by atoms with E-state index in [2.05, 4.69) is 6.92 Å². The fourth-order valence-corrected chi connectivity index (χ4v) is 4.52. The molecule has 0 aromatic heterocycles. The number of hydrogen-bond donors (Lipinski definition) is 1. The summed E-state index contributed by atoms with van der Waals surface area (Å²) in [5.41, 5.74) is 0.472. The molecule has 0 amide bonds. The van der Waals surface area contributed by atoms with Gasteiger partial charge in [0, 0.05) is 5.75 Å². The smallest absolute Gasteiger partial charge is 0.161 e. The summed E-state index contributed by atoms with van der Waals surface area (Å²) in [6, 6.07) is 19.2. The minimum Gasteiger partial charge on any atom is -0.390 e. The first-order valence-corrected chi connectivity index (χ1v) is 11.2. The summed E-state index contributed by atoms with van der Waals surface area (Å²) in [6.45, 7) is 3.90. The number of benzene rings is 2. The molecule has 0 saturated carbocycles. The second-order valence-electron chi connectivity index (χ2n) is 7.00. The molecule has 3 nitrogen and oxygen atoms in total. The largest absolute Gasteiger partial charge is 0.390 e. The summed E-state index contributed by atoms with van der Waals surface area (Å²) in [7, 11) is 0. The third-order valence-corrected chi connectivity index (χ3v) is 5.95. The van der Waals surface area contributed by atoms with E-state index < -0.39 is 22.8 Å². The molecule has 148 valence electrons. The maximum absolute atomic E-state index is 12.8. The van der Waals surface area contributed by atoms with E-state index in [9.17, 15) is 9.32 Å². The van der Waals surface area contributed by atoms with E-state index in [0.717, 1.165) is 24.0 Å². The summed E-state index contributed by atoms with van der Waals surface area (Å²) in [5.74, 6) is 0.486. The predicted octanol–water partition coefficient (Wildman–Crippen LogP) is 5.35. The van der Waals surface area contributed by atoms with Crippen molar-refractivity contribution in [2.45, 2.75) is 64.1 Å². The average Bonchev–Trinajstić information content (AvgIpc) is 2.70. The minimum atomic E-state index is -1.48. The zero-order chi connectivity index (χ0) is 19.5. The van der Waals surface area contributed by atoms with Crippen LogP contribution >= 0.6 is 0 Å². The molecule has 2 rings (SSSR count). The van der Waals surface area contributed by atoms with Crippen LogP contribution in [0.5, 0.6) is 0 Å². The molecule has 0 aliphatic heterocycles. The molecular formula is C23H32O3S. The Morgan fingerprint density at radius 3 is 1.85 bits per heavy atom. The van der Waals surface area contributed by atoms with Crippen LogP contribution in [0.3, 0.4) is 0 Å². The lowest BCUT2D eigenvalue weighted by molar-refractivity contribution is -0.00978. The van der Waals surface area contributed by atoms with E-state index in [1.807, 2.05) is 60.7 Å². The molecule has 0 radical (unpaired) electrons. The van der Waals surface area contributed by atoms with Gasteiger partial charge in [0.1, 0.15) is 0 Å². The SMILES string of the molecule is CCCCCCCCS(=O)OC(c1ccccc1)(c1ccccc1)[C@H](C)O. The molecular weight excluding hydrogens is 356 g/mol. The van der Waals surface area contributed by atoms with Crippen LogP contribution in [0.25, 0.3) is 0 Å². The topological polar surface area (TPSA) is 46.5 Å². The molecule has 1 N–H and O–H groups in total. The third kappa shape index (κ3) is 6.00. The van der Waals surface area contributed by atoms with Crippen molar-refractivity contribution in [3.63, 3.8) is 0 Å². The van der Waals surface area contributed by atoms with Gasteiger partial charge in [-0.3, -0.25) is 4.18 Å². The predicted molar refractivity (Wildman–Crippen MR) is 113 cm³/mol. The van der Waals surface area contributed by atoms with E-state index in [0.29, 0.717) is 5.75 Å². The quantitative estimate of drug-likeness (QED) is 0.498. The number of aliphatic hydroxyl groups excluding tert-OH is 1. The van der Waals surface area contributed by atoms with E-state index >= 15 is 0 Å². The minimum absolute atomic E-state index is 0.486. The van der Waals surface area contributed by atoms with E-state index in [-0.39, 0.29) is 0 Å². The first-order chi connectivity index (χ1) is 13.1. The Balaban J connectivity index is 2.17. The second kappa shape index (κ2) is 11.4. The Morgan fingerprint density at radius 1 is 0.889 bits per heavy atom. The highest BCUT2D eigenvalue weighted by atomic mass is 32.2. The molecule has 0 aliphatic carbocycles. The highest BCUT2D eigenvalue weighted by Gasteiger charge is 2.42. The Bertz CT molecular complexity index is 631. The molecule has 0 saturated heterocycles. The maximum Gasteiger partial charge on any atom is 0.161 e. The summed E-state index contributed by atoms with van der Waals surface area (Å²) < 4.78 is 18.9. The van der Waals surface area contributed by atoms with Crippen LogP contribution in [0.15, 0.2) is 60.7 Å². The summed E-state index contributed by atoms with van der Waals surface area (Å²) in [5, 5.41) is 10.7. The Labute approximate surface area is 166 Å². The standard InChI is InChI=1S/C23H32O3S/c1-3-4-5-6-7-14-19-27(25)26-23(20(2)24,21-15-10-8-11-16-21)22-17-12-9-13-18-22/h8-13,15-18,20,24H,3-7,14,19H2,1-2H3/t20-,27?/m0/s1. The van der Waals surface area contributed by atoms with Gasteiger partial charge in [0.15, 0.2) is 16.7 Å². The molecule has 2 atom stereocenters. The van der Waals surface area contributed by atoms with Crippen molar-refractivity contribution in [1.82, 2.24) is 0 Å². The average molecular weight is 389 g/mol. The van der Waals surface area contributed by atoms with E-state index in [1.54, 1.807) is 6.92 Å². The summed E-state index contributed by atoms with van der Waals surface area (Å²) in [6.07, 6.45) is 5.96. The number of rotatable bonds is 12. The Hall–Kier alpha value is -1.49. The van der Waals surface area contributed by atoms with Crippen molar-refractivity contribution in [2.75, 3.05) is 5.75 Å². The van der Waals surface area contributed by atoms with E-state index in [1.165, 1.54) is 25.7 Å². The van der Waals surface area contributed by atoms with Gasteiger partial charge >= 0.3 is 0 Å². The molecule has 0 fully saturated rings. The normalized spacial score (nSPS) is 14.0. The monoisotopic (exact) mass is 388 g/mol. The molecule has 0 heterocycles. The summed E-state index contributed by atoms with van der Waals surface area (Å²) >= 11 is -1.48. The molecule has 1 unspecified atom stereocenters. The zero-order valence-corrected chi connectivity index (χ0v) is 17.3. The van der Waals surface area contributed by atoms with Crippen molar-refractivity contribution in [1.29, 1.82) is 0 Å². The molecule has 2 aromatic rings. The van der Waals surface area contributed by atoms with Crippen LogP contribution in [-0.2, 0) is 20.9 Å². The van der Waals surface area contributed by atoms with Gasteiger partial charge < -0.3 is 5.11 Å². The lowest BCUT2D eigenvalue weighted by Crippen LogP contribution is -2.42. The van der Waals surface area contributed by atoms with Crippen LogP contribution in [-0.4, -0.2) is 21.2 Å². The van der Waals surface area contributed by atoms with Crippen molar-refractivity contribution in [3.8, 4) is 0 Å². The fraction of sp³-hybridized carbons (Fsp3) is 0.478. The third-order valence-electron chi connectivity index (χ3n) is 4.88. The van der Waals surface area contributed by atoms with Crippen LogP contribution in [0.2, 0.25) is 0 Å². The molecule has 2 aromatic carbocycles. The lowest BCUT2D eigenvalue weighted by atomic mass is 9.82. The number of hydrogen-bond acceptors (Lipinski definition) is 3. The van der Waals surface area contributed by atoms with Gasteiger partial charge in [-0.2, -0.15) is 0 Å². The van der Waals surface area contributed by atoms with Gasteiger partial charge in [0.2, 0.25) is 0 Å². The molecule has 0 aliphatic rings. The van der Waals surface area contributed by atoms with Crippen molar-refractivity contribution in [2.24, 2.45) is 0 Å². The number of unbranched alkanes of at least 4 members (excludes halogenated alkanes) is 5. The molecule has 0 bridgehead atoms. The molecule has 4 heteroatoms. The number of aliphatic hydroxyl groups is 1. The fourth-order valence-electron chi connectivity index (χ4n) is 3.37. The van der Waals surface area contributed by atoms with Gasteiger partial charge in [-0.25, -0.2) is 4.21 Å². The van der Waals surface area contributed by atoms with Crippen molar-refractivity contribution < 1.29 is 13.5 Å². The van der Waals surface area contributed by atoms with Gasteiger partial charge in [-0.1, -0.05) is 99.7 Å². The maximum atomic E-state index is 12.8. The molecule has 0 spiro atoms. The Kier molecular flexibility index (Phi) is 9.19. The highest BCUT2D eigenvalue weighted by molar-refractivity contribution is 7.80. The first kappa shape index (κ1) is 21.8. The summed E-state index contributed by atoms with van der Waals surface area (Å²) in [4.78, 5) is 0. The van der Waals surface area contributed by atoms with Crippen LogP contribution in [0, 0.1) is 0 Å². The van der Waals surface area contributed by atoms with Crippen molar-refractivity contribution in [3.05, 3.63) is 71.8 Å². The highest BCUT2D eigenvalue weighted by Crippen LogP contribution is 2.38.